The van der Waals surface area contributed by atoms with E-state index in [0.717, 1.165) is 68.5 Å². The lowest BCUT2D eigenvalue weighted by molar-refractivity contribution is 0.262. The van der Waals surface area contributed by atoms with E-state index in [4.69, 9.17) is 10.00 Å². The van der Waals surface area contributed by atoms with Gasteiger partial charge in [-0.15, -0.1) is 0 Å². The maximum Gasteiger partial charge on any atom is 0.326 e. The van der Waals surface area contributed by atoms with Crippen LogP contribution in [-0.4, -0.2) is 60.0 Å². The van der Waals surface area contributed by atoms with Crippen LogP contribution in [0.4, 0.5) is 16.0 Å². The molecule has 2 aliphatic heterocycles. The summed E-state index contributed by atoms with van der Waals surface area (Å²) in [7, 11) is 0. The number of nitrogens with one attached hydrogen (secondary N) is 1. The molecule has 9 heteroatoms. The summed E-state index contributed by atoms with van der Waals surface area (Å²) < 4.78 is 21.2. The van der Waals surface area contributed by atoms with Gasteiger partial charge in [0.2, 0.25) is 0 Å². The highest BCUT2D eigenvalue weighted by Crippen LogP contribution is 2.38. The molecule has 4 aliphatic rings. The molecule has 8 nitrogen and oxygen atoms in total. The maximum atomic E-state index is 15.3. The molecule has 0 radical (unpaired) electrons. The second kappa shape index (κ2) is 9.94. The van der Waals surface area contributed by atoms with E-state index in [1.54, 1.807) is 6.07 Å². The second-order valence-electron chi connectivity index (χ2n) is 10.2. The van der Waals surface area contributed by atoms with Gasteiger partial charge in [0, 0.05) is 50.8 Å². The van der Waals surface area contributed by atoms with E-state index in [1.165, 1.54) is 18.4 Å². The molecule has 1 saturated heterocycles. The molecule has 1 N–H and O–H groups in total. The highest BCUT2D eigenvalue weighted by atomic mass is 19.1. The van der Waals surface area contributed by atoms with Gasteiger partial charge in [-0.1, -0.05) is 17.7 Å². The fourth-order valence-corrected chi connectivity index (χ4v) is 5.14. The number of fused-ring (bicyclic) bond motifs is 1. The summed E-state index contributed by atoms with van der Waals surface area (Å²) in [4.78, 5) is 18.3. The molecule has 1 saturated carbocycles. The van der Waals surface area contributed by atoms with Crippen molar-refractivity contribution in [2.75, 3.05) is 49.5 Å². The molecule has 37 heavy (non-hydrogen) atoms. The van der Waals surface area contributed by atoms with E-state index >= 15 is 4.39 Å². The van der Waals surface area contributed by atoms with Crippen LogP contribution in [0.3, 0.4) is 0 Å². The van der Waals surface area contributed by atoms with Gasteiger partial charge in [0.05, 0.1) is 12.6 Å². The number of anilines is 2. The van der Waals surface area contributed by atoms with Gasteiger partial charge in [-0.25, -0.2) is 4.39 Å². The van der Waals surface area contributed by atoms with E-state index in [1.807, 2.05) is 25.1 Å². The zero-order valence-electron chi connectivity index (χ0n) is 21.0. The van der Waals surface area contributed by atoms with E-state index in [9.17, 15) is 0 Å². The third-order valence-corrected chi connectivity index (χ3v) is 7.34. The maximum absolute atomic E-state index is 15.3. The lowest BCUT2D eigenvalue weighted by Crippen LogP contribution is -2.46. The van der Waals surface area contributed by atoms with Crippen molar-refractivity contribution in [1.82, 2.24) is 14.9 Å². The van der Waals surface area contributed by atoms with E-state index < -0.39 is 0 Å². The summed E-state index contributed by atoms with van der Waals surface area (Å²) in [6.45, 7) is 6.73. The third kappa shape index (κ3) is 5.20. The Morgan fingerprint density at radius 2 is 2.00 bits per heavy atom. The third-order valence-electron chi connectivity index (χ3n) is 7.34. The molecule has 3 heterocycles. The summed E-state index contributed by atoms with van der Waals surface area (Å²) in [6.07, 6.45) is 7.75. The number of nitrogens with zero attached hydrogens (tertiary/aromatic N) is 6. The topological polar surface area (TPSA) is 89.7 Å². The summed E-state index contributed by atoms with van der Waals surface area (Å²) in [5, 5.41) is 12.2. The Kier molecular flexibility index (Phi) is 6.35. The number of hydrogen-bond acceptors (Lipinski definition) is 8. The minimum absolute atomic E-state index is 0.0921. The molecule has 1 aromatic carbocycles. The average Bonchev–Trinajstić information content (AvgIpc) is 3.53. The fraction of sp³-hybridized carbons (Fsp3) is 0.429. The molecule has 6 rings (SSSR count). The number of rotatable bonds is 7. The van der Waals surface area contributed by atoms with Crippen LogP contribution in [0.25, 0.3) is 6.08 Å². The molecule has 0 spiro atoms. The Morgan fingerprint density at radius 1 is 1.16 bits per heavy atom. The van der Waals surface area contributed by atoms with Gasteiger partial charge < -0.3 is 15.0 Å². The molecule has 190 valence electrons. The molecular formula is C28H30FN7O. The summed E-state index contributed by atoms with van der Waals surface area (Å²) >= 11 is 0. The van der Waals surface area contributed by atoms with Crippen LogP contribution < -0.4 is 15.0 Å². The predicted molar refractivity (Wildman–Crippen MR) is 141 cm³/mol. The lowest BCUT2D eigenvalue weighted by Gasteiger charge is -2.35. The molecule has 0 bridgehead atoms. The second-order valence-corrected chi connectivity index (χ2v) is 10.2. The normalized spacial score (nSPS) is 19.2. The minimum Gasteiger partial charge on any atom is -0.421 e. The van der Waals surface area contributed by atoms with Crippen LogP contribution >= 0.6 is 0 Å². The van der Waals surface area contributed by atoms with Gasteiger partial charge in [-0.3, -0.25) is 9.89 Å². The number of nitriles is 1. The molecule has 0 unspecified atom stereocenters. The molecule has 1 aromatic heterocycles. The molecule has 2 aliphatic carbocycles. The van der Waals surface area contributed by atoms with E-state index in [2.05, 4.69) is 42.2 Å². The highest BCUT2D eigenvalue weighted by molar-refractivity contribution is 6.05. The number of aliphatic imine (C=N–C) groups is 1. The van der Waals surface area contributed by atoms with Crippen LogP contribution in [0.5, 0.6) is 11.8 Å². The van der Waals surface area contributed by atoms with Gasteiger partial charge in [0.15, 0.2) is 11.6 Å². The zero-order chi connectivity index (χ0) is 25.4. The Morgan fingerprint density at radius 3 is 2.78 bits per heavy atom. The van der Waals surface area contributed by atoms with Gasteiger partial charge in [-0.2, -0.15) is 15.2 Å². The van der Waals surface area contributed by atoms with Crippen molar-refractivity contribution in [3.8, 4) is 17.8 Å². The number of amidine groups is 1. The number of ether oxygens (including phenoxy) is 1. The number of halogens is 1. The summed E-state index contributed by atoms with van der Waals surface area (Å²) in [5.41, 5.74) is 4.04. The highest BCUT2D eigenvalue weighted by Gasteiger charge is 2.28. The van der Waals surface area contributed by atoms with E-state index in [-0.39, 0.29) is 17.6 Å². The number of aromatic nitrogens is 2. The molecule has 0 atom stereocenters. The molecule has 2 fully saturated rings. The Balaban J connectivity index is 1.26. The van der Waals surface area contributed by atoms with Crippen LogP contribution in [0.15, 0.2) is 40.4 Å². The lowest BCUT2D eigenvalue weighted by atomic mass is 10.1. The number of allylic oxidation sites excluding steroid dienone is 1. The monoisotopic (exact) mass is 499 g/mol. The Hall–Kier alpha value is -3.77. The van der Waals surface area contributed by atoms with Crippen molar-refractivity contribution >= 4 is 23.5 Å². The van der Waals surface area contributed by atoms with Crippen molar-refractivity contribution < 1.29 is 9.13 Å². The van der Waals surface area contributed by atoms with Crippen LogP contribution in [0.1, 0.15) is 37.3 Å². The first-order valence-electron chi connectivity index (χ1n) is 13.0. The number of piperazine rings is 1. The van der Waals surface area contributed by atoms with Crippen LogP contribution in [0, 0.1) is 23.1 Å². The SMILES string of the molecule is CC1=Cc2c(ccc(Oc3nc(NC4=NCC(C5CC5)=C4)cc(N4CCN(CCC#N)CC4)n3)c2F)C1. The fourth-order valence-electron chi connectivity index (χ4n) is 5.14. The minimum atomic E-state index is -0.388. The standard InChI is InChI=1S/C28H30FN7O/c1-18-13-20-5-6-23(27(29)22(20)14-18)37-28-33-25(32-24-15-21(17-31-24)19-3-4-19)16-26(34-28)36-11-9-35(10-12-36)8-2-7-30/h5-6,14-16,19H,2-4,8-13,17H2,1H3,(H,31,32,33,34). The molecule has 0 amide bonds. The molecular weight excluding hydrogens is 469 g/mol. The van der Waals surface area contributed by atoms with Gasteiger partial charge in [0.25, 0.3) is 0 Å². The van der Waals surface area contributed by atoms with Gasteiger partial charge >= 0.3 is 6.01 Å². The average molecular weight is 500 g/mol. The number of hydrogen-bond donors (Lipinski definition) is 1. The zero-order valence-corrected chi connectivity index (χ0v) is 21.0. The van der Waals surface area contributed by atoms with Gasteiger partial charge in [0.1, 0.15) is 17.5 Å². The number of benzene rings is 1. The quantitative estimate of drug-likeness (QED) is 0.597. The first-order chi connectivity index (χ1) is 18.1. The smallest absolute Gasteiger partial charge is 0.326 e. The first-order valence-corrected chi connectivity index (χ1v) is 13.0. The van der Waals surface area contributed by atoms with Crippen molar-refractivity contribution in [2.24, 2.45) is 10.9 Å². The van der Waals surface area contributed by atoms with E-state index in [0.29, 0.717) is 23.7 Å². The van der Waals surface area contributed by atoms with Crippen LogP contribution in [-0.2, 0) is 6.42 Å². The summed E-state index contributed by atoms with van der Waals surface area (Å²) in [5.74, 6) is 2.46. The van der Waals surface area contributed by atoms with Crippen molar-refractivity contribution in [3.05, 3.63) is 52.4 Å². The largest absolute Gasteiger partial charge is 0.421 e. The predicted octanol–water partition coefficient (Wildman–Crippen LogP) is 4.56. The Labute approximate surface area is 216 Å². The molecule has 2 aromatic rings. The first kappa shape index (κ1) is 23.6. The summed E-state index contributed by atoms with van der Waals surface area (Å²) in [6, 6.07) is 7.77. The van der Waals surface area contributed by atoms with Gasteiger partial charge in [-0.05, 0) is 55.4 Å². The Bertz CT molecular complexity index is 1350. The van der Waals surface area contributed by atoms with Crippen molar-refractivity contribution in [3.63, 3.8) is 0 Å². The van der Waals surface area contributed by atoms with Crippen LogP contribution in [0.2, 0.25) is 0 Å². The van der Waals surface area contributed by atoms with Crippen molar-refractivity contribution in [1.29, 1.82) is 5.26 Å². The van der Waals surface area contributed by atoms with Crippen molar-refractivity contribution in [2.45, 2.75) is 32.6 Å².